The molecule has 2 heterocycles. The Balaban J connectivity index is 1.53. The Morgan fingerprint density at radius 1 is 0.871 bits per heavy atom. The van der Waals surface area contributed by atoms with E-state index >= 15 is 0 Å². The van der Waals surface area contributed by atoms with Gasteiger partial charge in [0, 0.05) is 43.6 Å². The highest BCUT2D eigenvalue weighted by Gasteiger charge is 2.38. The zero-order chi connectivity index (χ0) is 51.6. The van der Waals surface area contributed by atoms with Crippen LogP contribution in [0.4, 0.5) is 0 Å². The van der Waals surface area contributed by atoms with Crippen molar-refractivity contribution in [3.63, 3.8) is 0 Å². The van der Waals surface area contributed by atoms with Crippen LogP contribution in [-0.2, 0) is 60.0 Å². The molecule has 0 saturated carbocycles. The molecule has 1 aromatic carbocycles. The number of phosphoric acid groups is 1. The van der Waals surface area contributed by atoms with Gasteiger partial charge in [-0.25, -0.2) is 9.55 Å². The predicted octanol–water partition coefficient (Wildman–Crippen LogP) is 2.47. The van der Waals surface area contributed by atoms with E-state index in [1.165, 1.54) is 36.8 Å². The highest BCUT2D eigenvalue weighted by atomic mass is 32.1. The lowest BCUT2D eigenvalue weighted by molar-refractivity contribution is -0.140. The largest absolute Gasteiger partial charge is 0.472 e. The van der Waals surface area contributed by atoms with Gasteiger partial charge in [-0.15, -0.1) is 0 Å². The van der Waals surface area contributed by atoms with E-state index in [0.29, 0.717) is 57.3 Å². The quantitative estimate of drug-likeness (QED) is 0.0274. The number of carbonyl (C=O) groups is 7. The van der Waals surface area contributed by atoms with Crippen molar-refractivity contribution >= 4 is 61.8 Å². The van der Waals surface area contributed by atoms with E-state index in [1.807, 2.05) is 32.0 Å². The molecule has 1 aliphatic heterocycles. The minimum absolute atomic E-state index is 0.0668. The van der Waals surface area contributed by atoms with E-state index in [9.17, 15) is 43.0 Å². The summed E-state index contributed by atoms with van der Waals surface area (Å²) in [7, 11) is -4.68. The number of primary amides is 1. The first-order valence-electron chi connectivity index (χ1n) is 24.4. The molecule has 8 atom stereocenters. The van der Waals surface area contributed by atoms with Crippen molar-refractivity contribution in [3.05, 3.63) is 54.1 Å². The predicted molar refractivity (Wildman–Crippen MR) is 267 cm³/mol. The Bertz CT molecular complexity index is 2000. The summed E-state index contributed by atoms with van der Waals surface area (Å²) in [5.74, 6) is -4.27. The molecule has 1 aliphatic rings. The molecule has 0 radical (unpaired) electrons. The fraction of sp³-hybridized carbons (Fsp3) is 0.660. The number of aromatic amines is 1. The van der Waals surface area contributed by atoms with E-state index in [4.69, 9.17) is 20.5 Å². The maximum absolute atomic E-state index is 14.0. The highest BCUT2D eigenvalue weighted by molar-refractivity contribution is 7.80. The third kappa shape index (κ3) is 22.1. The van der Waals surface area contributed by atoms with Crippen molar-refractivity contribution in [2.45, 2.75) is 166 Å². The average Bonchev–Trinajstić information content (AvgIpc) is 4.03. The van der Waals surface area contributed by atoms with Crippen molar-refractivity contribution in [1.82, 2.24) is 41.5 Å². The molecule has 7 amide bonds. The van der Waals surface area contributed by atoms with Crippen molar-refractivity contribution in [1.29, 1.82) is 0 Å². The van der Waals surface area contributed by atoms with Crippen LogP contribution in [-0.4, -0.2) is 129 Å². The maximum atomic E-state index is 14.0. The number of nitrogens with two attached hydrogens (primary N) is 2. The van der Waals surface area contributed by atoms with E-state index in [1.54, 1.807) is 0 Å². The lowest BCUT2D eigenvalue weighted by Crippen LogP contribution is -2.59. The van der Waals surface area contributed by atoms with Gasteiger partial charge in [0.25, 0.3) is 0 Å². The molecule has 1 saturated heterocycles. The van der Waals surface area contributed by atoms with E-state index in [2.05, 4.69) is 61.3 Å². The van der Waals surface area contributed by atoms with Crippen LogP contribution in [0.15, 0.2) is 42.9 Å². The third-order valence-corrected chi connectivity index (χ3v) is 13.3. The Morgan fingerprint density at radius 2 is 1.54 bits per heavy atom. The average molecular weight is 1020 g/mol. The lowest BCUT2D eigenvalue weighted by Gasteiger charge is -2.28. The Morgan fingerprint density at radius 3 is 2.20 bits per heavy atom. The normalized spacial score (nSPS) is 17.0. The van der Waals surface area contributed by atoms with E-state index in [-0.39, 0.29) is 49.4 Å². The molecule has 1 aromatic heterocycles. The SMILES string of the molecule is CC(C)CC(NC(=O)C1CCCN1C(=O)CCCCCNC(=O)C(N)CS)C(=O)NC(Cc1cnc[nH]1)C(=O)NC(C)C(=O)NC(C(N)=O)C(C)OP(=O)(O)OCCCCCCCCc1ccccc1. The minimum Gasteiger partial charge on any atom is -0.368 e. The number of aryl methyl sites for hydroxylation is 1. The first-order valence-corrected chi connectivity index (χ1v) is 26.6. The van der Waals surface area contributed by atoms with Gasteiger partial charge in [-0.05, 0) is 76.7 Å². The van der Waals surface area contributed by atoms with Gasteiger partial charge in [-0.3, -0.25) is 42.6 Å². The van der Waals surface area contributed by atoms with Crippen molar-refractivity contribution in [2.24, 2.45) is 17.4 Å². The highest BCUT2D eigenvalue weighted by Crippen LogP contribution is 2.45. The number of phosphoric ester groups is 1. The zero-order valence-corrected chi connectivity index (χ0v) is 42.9. The minimum atomic E-state index is -4.68. The number of unbranched alkanes of at least 4 members (excludes halogenated alkanes) is 7. The Labute approximate surface area is 417 Å². The smallest absolute Gasteiger partial charge is 0.368 e. The first kappa shape index (κ1) is 59.4. The van der Waals surface area contributed by atoms with Gasteiger partial charge in [0.05, 0.1) is 25.1 Å². The van der Waals surface area contributed by atoms with Crippen LogP contribution in [0.2, 0.25) is 0 Å². The van der Waals surface area contributed by atoms with Gasteiger partial charge < -0.3 is 52.8 Å². The van der Waals surface area contributed by atoms with Crippen LogP contribution in [0.25, 0.3) is 0 Å². The standard InChI is InChI=1S/C47H77N10O11PS/c1-31(2)26-37(55-47(64)39-21-17-24-57(39)40(58)22-14-10-15-23-51-44(61)36(48)29-70)46(63)54-38(27-35-28-50-30-52-35)45(62)53-32(3)43(60)56-41(42(49)59)33(4)68-69(65,66)67-25-16-8-6-5-7-11-18-34-19-12-9-13-20-34/h9,12-13,19-20,28,30-33,36-39,41,70H,5-8,10-11,14-18,21-27,29,48H2,1-4H3,(H2,49,59)(H,50,52)(H,51,61)(H,53,62)(H,54,63)(H,55,64)(H,56,60)(H,65,66). The van der Waals surface area contributed by atoms with E-state index < -0.39 is 79.7 Å². The molecule has 8 unspecified atom stereocenters. The van der Waals surface area contributed by atoms with Crippen LogP contribution < -0.4 is 38.1 Å². The summed E-state index contributed by atoms with van der Waals surface area (Å²) in [5.41, 5.74) is 13.0. The number of nitrogens with one attached hydrogen (secondary N) is 6. The number of hydrogen-bond acceptors (Lipinski definition) is 13. The molecule has 11 N–H and O–H groups in total. The zero-order valence-electron chi connectivity index (χ0n) is 41.1. The van der Waals surface area contributed by atoms with E-state index in [0.717, 1.165) is 38.5 Å². The number of carbonyl (C=O) groups excluding carboxylic acids is 7. The Kier molecular flexibility index (Phi) is 26.7. The number of nitrogens with zero attached hydrogens (tertiary/aromatic N) is 2. The fourth-order valence-electron chi connectivity index (χ4n) is 7.90. The van der Waals surface area contributed by atoms with Crippen LogP contribution in [0.5, 0.6) is 0 Å². The van der Waals surface area contributed by atoms with Crippen molar-refractivity contribution < 1.29 is 52.1 Å². The monoisotopic (exact) mass is 1020 g/mol. The summed E-state index contributed by atoms with van der Waals surface area (Å²) in [6, 6.07) is 3.45. The van der Waals surface area contributed by atoms with Crippen LogP contribution >= 0.6 is 20.5 Å². The second-order valence-electron chi connectivity index (χ2n) is 18.3. The molecule has 0 aliphatic carbocycles. The molecular formula is C47H77N10O11PS. The maximum Gasteiger partial charge on any atom is 0.472 e. The first-order chi connectivity index (χ1) is 33.3. The van der Waals surface area contributed by atoms with Gasteiger partial charge in [0.2, 0.25) is 41.4 Å². The molecule has 21 nitrogen and oxygen atoms in total. The number of aromatic nitrogens is 2. The van der Waals surface area contributed by atoms with Gasteiger partial charge in [0.1, 0.15) is 30.2 Å². The molecule has 23 heteroatoms. The van der Waals surface area contributed by atoms with Gasteiger partial charge >= 0.3 is 7.82 Å². The molecule has 70 heavy (non-hydrogen) atoms. The van der Waals surface area contributed by atoms with Crippen molar-refractivity contribution in [3.8, 4) is 0 Å². The Hall–Kier alpha value is -4.86. The van der Waals surface area contributed by atoms with Crippen molar-refractivity contribution in [2.75, 3.05) is 25.4 Å². The molecule has 0 bridgehead atoms. The molecule has 3 rings (SSSR count). The number of likely N-dealkylation sites (tertiary alicyclic amines) is 1. The molecule has 392 valence electrons. The van der Waals surface area contributed by atoms with Crippen LogP contribution in [0.1, 0.15) is 122 Å². The summed E-state index contributed by atoms with van der Waals surface area (Å²) in [4.78, 5) is 111. The summed E-state index contributed by atoms with van der Waals surface area (Å²) in [6.07, 6.45) is 11.0. The number of imidazole rings is 1. The number of thiol groups is 1. The molecule has 1 fully saturated rings. The lowest BCUT2D eigenvalue weighted by atomic mass is 10.0. The van der Waals surface area contributed by atoms with Crippen LogP contribution in [0.3, 0.4) is 0 Å². The van der Waals surface area contributed by atoms with Crippen LogP contribution in [0, 0.1) is 5.92 Å². The van der Waals surface area contributed by atoms with Gasteiger partial charge in [-0.2, -0.15) is 12.6 Å². The molecular weight excluding hydrogens is 944 g/mol. The molecule has 2 aromatic rings. The number of H-pyrrole nitrogens is 1. The fourth-order valence-corrected chi connectivity index (χ4v) is 9.02. The number of amides is 7. The topological polar surface area (TPSA) is 319 Å². The summed E-state index contributed by atoms with van der Waals surface area (Å²) < 4.78 is 23.1. The summed E-state index contributed by atoms with van der Waals surface area (Å²) in [5, 5.41) is 13.2. The van der Waals surface area contributed by atoms with Gasteiger partial charge in [0.15, 0.2) is 0 Å². The second-order valence-corrected chi connectivity index (χ2v) is 20.0. The summed E-state index contributed by atoms with van der Waals surface area (Å²) >= 11 is 4.02. The number of rotatable bonds is 34. The second kappa shape index (κ2) is 31.5. The number of benzene rings is 1. The molecule has 0 spiro atoms. The van der Waals surface area contributed by atoms with Gasteiger partial charge in [-0.1, -0.05) is 76.3 Å². The summed E-state index contributed by atoms with van der Waals surface area (Å²) in [6.45, 7) is 7.05. The number of hydrogen-bond donors (Lipinski definition) is 10. The third-order valence-electron chi connectivity index (χ3n) is 11.8.